The van der Waals surface area contributed by atoms with Crippen molar-refractivity contribution < 1.29 is 14.3 Å². The third-order valence-corrected chi connectivity index (χ3v) is 5.85. The molecule has 0 fully saturated rings. The molecule has 0 spiro atoms. The molecule has 0 saturated carbocycles. The van der Waals surface area contributed by atoms with Crippen LogP contribution in [0, 0.1) is 0 Å². The van der Waals surface area contributed by atoms with E-state index < -0.39 is 0 Å². The molecule has 0 aromatic carbocycles. The van der Waals surface area contributed by atoms with Crippen LogP contribution < -0.4 is 5.32 Å². The molecule has 4 heteroatoms. The zero-order valence-electron chi connectivity index (χ0n) is 22.2. The van der Waals surface area contributed by atoms with Crippen LogP contribution in [-0.4, -0.2) is 23.5 Å². The second-order valence-corrected chi connectivity index (χ2v) is 10.6. The number of amides is 1. The van der Waals surface area contributed by atoms with E-state index in [4.69, 9.17) is 4.74 Å². The van der Waals surface area contributed by atoms with E-state index in [2.05, 4.69) is 19.2 Å². The van der Waals surface area contributed by atoms with Gasteiger partial charge in [0, 0.05) is 18.9 Å². The standard InChI is InChI=1S/C28H55NO3/c1-6-7-22-25(2)29-26(30)23-20-18-16-14-12-10-8-9-11-13-15-17-19-21-24-27(31)32-28(3,4)5/h25H,6-24H2,1-5H3,(H,29,30). The number of ether oxygens (including phenoxy) is 1. The largest absolute Gasteiger partial charge is 0.460 e. The van der Waals surface area contributed by atoms with Gasteiger partial charge in [0.1, 0.15) is 5.60 Å². The molecule has 0 aliphatic carbocycles. The smallest absolute Gasteiger partial charge is 0.306 e. The van der Waals surface area contributed by atoms with Crippen molar-refractivity contribution in [2.24, 2.45) is 0 Å². The number of hydrogen-bond acceptors (Lipinski definition) is 3. The van der Waals surface area contributed by atoms with Crippen LogP contribution in [0.3, 0.4) is 0 Å². The minimum absolute atomic E-state index is 0.0598. The van der Waals surface area contributed by atoms with E-state index in [0.717, 1.165) is 25.7 Å². The zero-order chi connectivity index (χ0) is 24.1. The number of nitrogens with one attached hydrogen (secondary N) is 1. The van der Waals surface area contributed by atoms with E-state index in [9.17, 15) is 9.59 Å². The van der Waals surface area contributed by atoms with Gasteiger partial charge in [-0.1, -0.05) is 96.8 Å². The molecule has 1 amide bonds. The molecule has 0 heterocycles. The van der Waals surface area contributed by atoms with Gasteiger partial charge in [-0.25, -0.2) is 0 Å². The summed E-state index contributed by atoms with van der Waals surface area (Å²) in [5.74, 6) is 0.173. The average Bonchev–Trinajstić information content (AvgIpc) is 2.70. The molecule has 0 saturated heterocycles. The summed E-state index contributed by atoms with van der Waals surface area (Å²) in [6.07, 6.45) is 22.2. The monoisotopic (exact) mass is 453 g/mol. The van der Waals surface area contributed by atoms with Crippen molar-refractivity contribution >= 4 is 11.9 Å². The third-order valence-electron chi connectivity index (χ3n) is 5.85. The first-order valence-electron chi connectivity index (χ1n) is 13.8. The highest BCUT2D eigenvalue weighted by atomic mass is 16.6. The Bertz CT molecular complexity index is 456. The molecule has 0 aromatic rings. The van der Waals surface area contributed by atoms with Crippen molar-refractivity contribution in [2.45, 2.75) is 168 Å². The van der Waals surface area contributed by atoms with Crippen LogP contribution in [0.5, 0.6) is 0 Å². The molecular formula is C28H55NO3. The molecule has 0 aliphatic heterocycles. The van der Waals surface area contributed by atoms with Gasteiger partial charge in [-0.15, -0.1) is 0 Å². The van der Waals surface area contributed by atoms with E-state index in [1.165, 1.54) is 83.5 Å². The number of esters is 1. The topological polar surface area (TPSA) is 55.4 Å². The number of rotatable bonds is 21. The van der Waals surface area contributed by atoms with Crippen LogP contribution in [0.15, 0.2) is 0 Å². The Balaban J connectivity index is 3.27. The Morgan fingerprint density at radius 2 is 1.09 bits per heavy atom. The van der Waals surface area contributed by atoms with E-state index >= 15 is 0 Å². The number of unbranched alkanes of at least 4 members (excludes halogenated alkanes) is 14. The summed E-state index contributed by atoms with van der Waals surface area (Å²) in [7, 11) is 0. The molecule has 0 rings (SSSR count). The number of carbonyl (C=O) groups is 2. The van der Waals surface area contributed by atoms with Crippen molar-refractivity contribution in [1.82, 2.24) is 5.32 Å². The SMILES string of the molecule is CCCCC(C)NC(=O)CCCCCCCCCCCCCCCCC(=O)OC(C)(C)C. The molecular weight excluding hydrogens is 398 g/mol. The summed E-state index contributed by atoms with van der Waals surface area (Å²) in [5.41, 5.74) is -0.360. The second kappa shape index (κ2) is 20.5. The number of carbonyl (C=O) groups excluding carboxylic acids is 2. The van der Waals surface area contributed by atoms with Gasteiger partial charge in [-0.05, 0) is 47.0 Å². The van der Waals surface area contributed by atoms with E-state index in [1.54, 1.807) is 0 Å². The molecule has 4 nitrogen and oxygen atoms in total. The summed E-state index contributed by atoms with van der Waals surface area (Å²) in [6, 6.07) is 0.326. The Hall–Kier alpha value is -1.06. The molecule has 1 atom stereocenters. The summed E-state index contributed by atoms with van der Waals surface area (Å²) in [5, 5.41) is 3.12. The van der Waals surface area contributed by atoms with E-state index in [-0.39, 0.29) is 17.5 Å². The highest BCUT2D eigenvalue weighted by Gasteiger charge is 2.15. The predicted octanol–water partition coefficient (Wildman–Crippen LogP) is 8.26. The van der Waals surface area contributed by atoms with E-state index in [0.29, 0.717) is 18.9 Å². The maximum atomic E-state index is 11.9. The van der Waals surface area contributed by atoms with Crippen LogP contribution >= 0.6 is 0 Å². The number of hydrogen-bond donors (Lipinski definition) is 1. The quantitative estimate of drug-likeness (QED) is 0.140. The lowest BCUT2D eigenvalue weighted by Gasteiger charge is -2.19. The first-order valence-corrected chi connectivity index (χ1v) is 13.8. The Labute approximate surface area is 200 Å². The Morgan fingerprint density at radius 3 is 1.50 bits per heavy atom. The minimum Gasteiger partial charge on any atom is -0.460 e. The van der Waals surface area contributed by atoms with Gasteiger partial charge in [0.2, 0.25) is 5.91 Å². The van der Waals surface area contributed by atoms with Crippen molar-refractivity contribution in [2.75, 3.05) is 0 Å². The van der Waals surface area contributed by atoms with Gasteiger partial charge >= 0.3 is 5.97 Å². The van der Waals surface area contributed by atoms with Gasteiger partial charge < -0.3 is 10.1 Å². The van der Waals surface area contributed by atoms with Crippen molar-refractivity contribution in [1.29, 1.82) is 0 Å². The summed E-state index contributed by atoms with van der Waals surface area (Å²) in [6.45, 7) is 10.1. The minimum atomic E-state index is -0.360. The molecule has 0 aliphatic rings. The lowest BCUT2D eigenvalue weighted by atomic mass is 10.0. The van der Waals surface area contributed by atoms with Crippen LogP contribution in [0.1, 0.15) is 157 Å². The summed E-state index contributed by atoms with van der Waals surface area (Å²) >= 11 is 0. The van der Waals surface area contributed by atoms with Gasteiger partial charge in [0.15, 0.2) is 0 Å². The Morgan fingerprint density at radius 1 is 0.688 bits per heavy atom. The maximum Gasteiger partial charge on any atom is 0.306 e. The van der Waals surface area contributed by atoms with Crippen LogP contribution in [0.4, 0.5) is 0 Å². The molecule has 0 radical (unpaired) electrons. The first kappa shape index (κ1) is 30.9. The lowest BCUT2D eigenvalue weighted by Crippen LogP contribution is -2.32. The normalized spacial score (nSPS) is 12.5. The van der Waals surface area contributed by atoms with Crippen LogP contribution in [-0.2, 0) is 14.3 Å². The molecule has 0 bridgehead atoms. The molecule has 0 aromatic heterocycles. The van der Waals surface area contributed by atoms with Crippen molar-refractivity contribution in [3.8, 4) is 0 Å². The first-order chi connectivity index (χ1) is 15.2. The molecule has 1 N–H and O–H groups in total. The van der Waals surface area contributed by atoms with Crippen LogP contribution in [0.2, 0.25) is 0 Å². The van der Waals surface area contributed by atoms with Crippen LogP contribution in [0.25, 0.3) is 0 Å². The average molecular weight is 454 g/mol. The molecule has 32 heavy (non-hydrogen) atoms. The fourth-order valence-electron chi connectivity index (χ4n) is 4.00. The fourth-order valence-corrected chi connectivity index (χ4v) is 4.00. The third kappa shape index (κ3) is 23.6. The maximum absolute atomic E-state index is 11.9. The van der Waals surface area contributed by atoms with Crippen molar-refractivity contribution in [3.05, 3.63) is 0 Å². The zero-order valence-corrected chi connectivity index (χ0v) is 22.2. The van der Waals surface area contributed by atoms with Gasteiger partial charge in [0.25, 0.3) is 0 Å². The van der Waals surface area contributed by atoms with Gasteiger partial charge in [-0.2, -0.15) is 0 Å². The van der Waals surface area contributed by atoms with Gasteiger partial charge in [0.05, 0.1) is 0 Å². The second-order valence-electron chi connectivity index (χ2n) is 10.6. The highest BCUT2D eigenvalue weighted by Crippen LogP contribution is 2.15. The summed E-state index contributed by atoms with van der Waals surface area (Å²) in [4.78, 5) is 23.5. The van der Waals surface area contributed by atoms with Crippen molar-refractivity contribution in [3.63, 3.8) is 0 Å². The fraction of sp³-hybridized carbons (Fsp3) is 0.929. The van der Waals surface area contributed by atoms with E-state index in [1.807, 2.05) is 20.8 Å². The van der Waals surface area contributed by atoms with Gasteiger partial charge in [-0.3, -0.25) is 9.59 Å². The highest BCUT2D eigenvalue weighted by molar-refractivity contribution is 5.76. The predicted molar refractivity (Wildman–Crippen MR) is 137 cm³/mol. The Kier molecular flexibility index (Phi) is 19.9. The summed E-state index contributed by atoms with van der Waals surface area (Å²) < 4.78 is 5.33. The molecule has 1 unspecified atom stereocenters. The lowest BCUT2D eigenvalue weighted by molar-refractivity contribution is -0.154. The molecule has 190 valence electrons.